The van der Waals surface area contributed by atoms with E-state index in [4.69, 9.17) is 0 Å². The Morgan fingerprint density at radius 2 is 1.88 bits per heavy atom. The standard InChI is InChI=1S/C10H10F2N2O3/c1-5(15)13-9-6(11)3-4-7(8(9)12)14-10(16)17-2/h3-4H,1-2H3,(H,13,15)(H,14,16). The molecular weight excluding hydrogens is 234 g/mol. The SMILES string of the molecule is COC(=O)Nc1ccc(F)c(NC(C)=O)c1F. The lowest BCUT2D eigenvalue weighted by Crippen LogP contribution is -2.15. The molecule has 0 unspecified atom stereocenters. The van der Waals surface area contributed by atoms with Crippen LogP contribution in [0.1, 0.15) is 6.92 Å². The summed E-state index contributed by atoms with van der Waals surface area (Å²) in [6, 6.07) is 1.94. The van der Waals surface area contributed by atoms with E-state index in [1.165, 1.54) is 0 Å². The minimum Gasteiger partial charge on any atom is -0.453 e. The summed E-state index contributed by atoms with van der Waals surface area (Å²) in [7, 11) is 1.10. The largest absolute Gasteiger partial charge is 0.453 e. The highest BCUT2D eigenvalue weighted by molar-refractivity contribution is 5.91. The fraction of sp³-hybridized carbons (Fsp3) is 0.200. The smallest absolute Gasteiger partial charge is 0.411 e. The minimum atomic E-state index is -1.08. The summed E-state index contributed by atoms with van der Waals surface area (Å²) in [5.41, 5.74) is -0.909. The molecule has 0 atom stereocenters. The van der Waals surface area contributed by atoms with Crippen molar-refractivity contribution < 1.29 is 23.1 Å². The van der Waals surface area contributed by atoms with Crippen LogP contribution in [0, 0.1) is 11.6 Å². The summed E-state index contributed by atoms with van der Waals surface area (Å²) < 4.78 is 31.1. The fourth-order valence-corrected chi connectivity index (χ4v) is 1.10. The highest BCUT2D eigenvalue weighted by Gasteiger charge is 2.16. The van der Waals surface area contributed by atoms with Gasteiger partial charge in [0.15, 0.2) is 5.82 Å². The van der Waals surface area contributed by atoms with Gasteiger partial charge in [-0.2, -0.15) is 0 Å². The predicted molar refractivity (Wildman–Crippen MR) is 56.7 cm³/mol. The number of carbonyl (C=O) groups excluding carboxylic acids is 2. The molecule has 1 aromatic rings. The molecule has 2 amide bonds. The van der Waals surface area contributed by atoms with E-state index in [0.29, 0.717) is 0 Å². The van der Waals surface area contributed by atoms with Crippen molar-refractivity contribution in [2.45, 2.75) is 6.92 Å². The van der Waals surface area contributed by atoms with Gasteiger partial charge in [0.2, 0.25) is 5.91 Å². The van der Waals surface area contributed by atoms with Crippen LogP contribution in [0.25, 0.3) is 0 Å². The summed E-state index contributed by atoms with van der Waals surface area (Å²) in [4.78, 5) is 21.6. The molecular formula is C10H10F2N2O3. The monoisotopic (exact) mass is 244 g/mol. The van der Waals surface area contributed by atoms with Crippen molar-refractivity contribution in [1.82, 2.24) is 0 Å². The first kappa shape index (κ1) is 12.9. The second-order valence-electron chi connectivity index (χ2n) is 3.08. The number of hydrogen-bond donors (Lipinski definition) is 2. The molecule has 17 heavy (non-hydrogen) atoms. The van der Waals surface area contributed by atoms with Gasteiger partial charge in [0.25, 0.3) is 0 Å². The Kier molecular flexibility index (Phi) is 3.97. The number of carbonyl (C=O) groups is 2. The molecule has 7 heteroatoms. The second-order valence-corrected chi connectivity index (χ2v) is 3.08. The van der Waals surface area contributed by atoms with E-state index in [1.807, 2.05) is 10.6 Å². The van der Waals surface area contributed by atoms with Gasteiger partial charge in [0.05, 0.1) is 12.8 Å². The van der Waals surface area contributed by atoms with Crippen LogP contribution >= 0.6 is 0 Å². The lowest BCUT2D eigenvalue weighted by atomic mass is 10.2. The Bertz CT molecular complexity index is 463. The van der Waals surface area contributed by atoms with Crippen LogP contribution in [0.2, 0.25) is 0 Å². The van der Waals surface area contributed by atoms with Gasteiger partial charge >= 0.3 is 6.09 Å². The third kappa shape index (κ3) is 3.13. The lowest BCUT2D eigenvalue weighted by molar-refractivity contribution is -0.114. The van der Waals surface area contributed by atoms with Gasteiger partial charge in [0, 0.05) is 6.92 Å². The first-order valence-electron chi connectivity index (χ1n) is 4.56. The number of anilines is 2. The van der Waals surface area contributed by atoms with Gasteiger partial charge in [0.1, 0.15) is 11.5 Å². The number of halogens is 2. The van der Waals surface area contributed by atoms with E-state index in [-0.39, 0.29) is 5.69 Å². The number of ether oxygens (including phenoxy) is 1. The van der Waals surface area contributed by atoms with Crippen molar-refractivity contribution in [3.63, 3.8) is 0 Å². The summed E-state index contributed by atoms with van der Waals surface area (Å²) in [6.45, 7) is 1.11. The van der Waals surface area contributed by atoms with Gasteiger partial charge in [-0.3, -0.25) is 10.1 Å². The first-order chi connectivity index (χ1) is 7.95. The molecule has 0 saturated heterocycles. The molecule has 2 N–H and O–H groups in total. The van der Waals surface area contributed by atoms with Crippen LogP contribution in [0.5, 0.6) is 0 Å². The van der Waals surface area contributed by atoms with E-state index >= 15 is 0 Å². The number of hydrogen-bond acceptors (Lipinski definition) is 3. The molecule has 0 fully saturated rings. The zero-order chi connectivity index (χ0) is 13.0. The molecule has 1 aromatic carbocycles. The predicted octanol–water partition coefficient (Wildman–Crippen LogP) is 2.10. The lowest BCUT2D eigenvalue weighted by Gasteiger charge is -2.10. The van der Waals surface area contributed by atoms with E-state index < -0.39 is 29.3 Å². The molecule has 0 radical (unpaired) electrons. The zero-order valence-corrected chi connectivity index (χ0v) is 9.14. The van der Waals surface area contributed by atoms with Crippen LogP contribution in [-0.2, 0) is 9.53 Å². The Hall–Kier alpha value is -2.18. The number of amides is 2. The summed E-state index contributed by atoms with van der Waals surface area (Å²) in [5.74, 6) is -2.64. The number of nitrogens with one attached hydrogen (secondary N) is 2. The Morgan fingerprint density at radius 1 is 1.24 bits per heavy atom. The van der Waals surface area contributed by atoms with Gasteiger partial charge in [-0.15, -0.1) is 0 Å². The van der Waals surface area contributed by atoms with Crippen LogP contribution in [-0.4, -0.2) is 19.1 Å². The molecule has 0 aliphatic carbocycles. The molecule has 0 aromatic heterocycles. The van der Waals surface area contributed by atoms with Crippen LogP contribution in [0.4, 0.5) is 25.0 Å². The molecule has 0 saturated carbocycles. The molecule has 1 rings (SSSR count). The first-order valence-corrected chi connectivity index (χ1v) is 4.56. The highest BCUT2D eigenvalue weighted by atomic mass is 19.1. The molecule has 0 spiro atoms. The van der Waals surface area contributed by atoms with E-state index in [1.54, 1.807) is 0 Å². The maximum atomic E-state index is 13.7. The molecule has 0 bridgehead atoms. The zero-order valence-electron chi connectivity index (χ0n) is 9.14. The average Bonchev–Trinajstić information content (AvgIpc) is 2.27. The van der Waals surface area contributed by atoms with Gasteiger partial charge in [-0.25, -0.2) is 13.6 Å². The number of benzene rings is 1. The normalized spacial score (nSPS) is 9.65. The Labute approximate surface area is 95.8 Å². The second kappa shape index (κ2) is 5.24. The molecule has 0 aliphatic rings. The third-order valence-corrected chi connectivity index (χ3v) is 1.81. The number of methoxy groups -OCH3 is 1. The average molecular weight is 244 g/mol. The van der Waals surface area contributed by atoms with Gasteiger partial charge < -0.3 is 10.1 Å². The quantitative estimate of drug-likeness (QED) is 0.837. The van der Waals surface area contributed by atoms with Crippen molar-refractivity contribution >= 4 is 23.4 Å². The molecule has 0 heterocycles. The maximum Gasteiger partial charge on any atom is 0.411 e. The Balaban J connectivity index is 3.09. The topological polar surface area (TPSA) is 67.4 Å². The van der Waals surface area contributed by atoms with E-state index in [9.17, 15) is 18.4 Å². The van der Waals surface area contributed by atoms with E-state index in [2.05, 4.69) is 4.74 Å². The fourth-order valence-electron chi connectivity index (χ4n) is 1.10. The summed E-state index contributed by atoms with van der Waals surface area (Å²) in [5, 5.41) is 4.04. The third-order valence-electron chi connectivity index (χ3n) is 1.81. The molecule has 92 valence electrons. The van der Waals surface area contributed by atoms with Crippen molar-refractivity contribution in [3.05, 3.63) is 23.8 Å². The van der Waals surface area contributed by atoms with Gasteiger partial charge in [-0.05, 0) is 12.1 Å². The van der Waals surface area contributed by atoms with Crippen LogP contribution in [0.15, 0.2) is 12.1 Å². The minimum absolute atomic E-state index is 0.290. The maximum absolute atomic E-state index is 13.7. The van der Waals surface area contributed by atoms with Crippen LogP contribution < -0.4 is 10.6 Å². The Morgan fingerprint density at radius 3 is 2.41 bits per heavy atom. The highest BCUT2D eigenvalue weighted by Crippen LogP contribution is 2.25. The van der Waals surface area contributed by atoms with Crippen molar-refractivity contribution in [3.8, 4) is 0 Å². The molecule has 0 aliphatic heterocycles. The summed E-state index contributed by atoms with van der Waals surface area (Å²) >= 11 is 0. The van der Waals surface area contributed by atoms with E-state index in [0.717, 1.165) is 26.2 Å². The number of rotatable bonds is 2. The van der Waals surface area contributed by atoms with Crippen molar-refractivity contribution in [2.24, 2.45) is 0 Å². The van der Waals surface area contributed by atoms with Gasteiger partial charge in [-0.1, -0.05) is 0 Å². The summed E-state index contributed by atoms with van der Waals surface area (Å²) in [6.07, 6.45) is -0.899. The van der Waals surface area contributed by atoms with Crippen molar-refractivity contribution in [2.75, 3.05) is 17.7 Å². The van der Waals surface area contributed by atoms with Crippen molar-refractivity contribution in [1.29, 1.82) is 0 Å². The molecule has 5 nitrogen and oxygen atoms in total. The van der Waals surface area contributed by atoms with Crippen LogP contribution in [0.3, 0.4) is 0 Å².